The highest BCUT2D eigenvalue weighted by Crippen LogP contribution is 2.33. The summed E-state index contributed by atoms with van der Waals surface area (Å²) in [5.41, 5.74) is 6.61. The lowest BCUT2D eigenvalue weighted by atomic mass is 10.1. The van der Waals surface area contributed by atoms with E-state index < -0.39 is 0 Å². The fourth-order valence-corrected chi connectivity index (χ4v) is 2.41. The topological polar surface area (TPSA) is 51.8 Å². The van der Waals surface area contributed by atoms with Gasteiger partial charge in [0, 0.05) is 12.2 Å². The van der Waals surface area contributed by atoms with Gasteiger partial charge >= 0.3 is 0 Å². The third-order valence-electron chi connectivity index (χ3n) is 2.25. The Labute approximate surface area is 103 Å². The molecule has 0 radical (unpaired) electrons. The summed E-state index contributed by atoms with van der Waals surface area (Å²) >= 11 is 1.26. The Balaban J connectivity index is 2.38. The highest BCUT2D eigenvalue weighted by molar-refractivity contribution is 7.99. The standard InChI is InChI=1S/C12H12FN3S/c1-8(14)9-3-2-4-10(13)12(9)17-11-5-6-15-7-16-11/h2-8H,14H2,1H3/t8-/m1/s1. The molecular weight excluding hydrogens is 237 g/mol. The van der Waals surface area contributed by atoms with Gasteiger partial charge in [-0.3, -0.25) is 0 Å². The van der Waals surface area contributed by atoms with Crippen LogP contribution in [-0.2, 0) is 0 Å². The van der Waals surface area contributed by atoms with Crippen LogP contribution in [-0.4, -0.2) is 9.97 Å². The Morgan fingerprint density at radius 2 is 2.18 bits per heavy atom. The molecule has 0 saturated carbocycles. The summed E-state index contributed by atoms with van der Waals surface area (Å²) < 4.78 is 13.8. The maximum atomic E-state index is 13.8. The van der Waals surface area contributed by atoms with E-state index in [1.54, 1.807) is 18.3 Å². The summed E-state index contributed by atoms with van der Waals surface area (Å²) in [5, 5.41) is 0.701. The van der Waals surface area contributed by atoms with E-state index in [2.05, 4.69) is 9.97 Å². The molecule has 0 aliphatic heterocycles. The van der Waals surface area contributed by atoms with Crippen molar-refractivity contribution >= 4 is 11.8 Å². The maximum absolute atomic E-state index is 13.8. The number of hydrogen-bond acceptors (Lipinski definition) is 4. The quantitative estimate of drug-likeness (QED) is 0.850. The molecule has 1 heterocycles. The number of nitrogens with zero attached hydrogens (tertiary/aromatic N) is 2. The lowest BCUT2D eigenvalue weighted by molar-refractivity contribution is 0.591. The van der Waals surface area contributed by atoms with Gasteiger partial charge in [0.1, 0.15) is 17.2 Å². The molecule has 1 atom stereocenters. The minimum absolute atomic E-state index is 0.213. The first kappa shape index (κ1) is 12.0. The summed E-state index contributed by atoms with van der Waals surface area (Å²) in [6, 6.07) is 6.45. The summed E-state index contributed by atoms with van der Waals surface area (Å²) in [6.07, 6.45) is 3.07. The highest BCUT2D eigenvalue weighted by atomic mass is 32.2. The van der Waals surface area contributed by atoms with Gasteiger partial charge in [-0.05, 0) is 24.6 Å². The first-order chi connectivity index (χ1) is 8.18. The maximum Gasteiger partial charge on any atom is 0.137 e. The number of hydrogen-bond donors (Lipinski definition) is 1. The van der Waals surface area contributed by atoms with Crippen LogP contribution in [0.2, 0.25) is 0 Å². The monoisotopic (exact) mass is 249 g/mol. The summed E-state index contributed by atoms with van der Waals surface area (Å²) in [7, 11) is 0. The van der Waals surface area contributed by atoms with E-state index in [1.165, 1.54) is 24.2 Å². The van der Waals surface area contributed by atoms with Crippen LogP contribution in [0.3, 0.4) is 0 Å². The zero-order chi connectivity index (χ0) is 12.3. The van der Waals surface area contributed by atoms with E-state index in [9.17, 15) is 4.39 Å². The molecule has 0 aliphatic carbocycles. The zero-order valence-electron chi connectivity index (χ0n) is 9.30. The number of rotatable bonds is 3. The molecule has 0 fully saturated rings. The molecule has 0 spiro atoms. The Morgan fingerprint density at radius 1 is 1.35 bits per heavy atom. The van der Waals surface area contributed by atoms with Crippen LogP contribution in [0, 0.1) is 5.82 Å². The van der Waals surface area contributed by atoms with E-state index in [0.717, 1.165) is 5.56 Å². The number of halogens is 1. The van der Waals surface area contributed by atoms with Crippen molar-refractivity contribution in [3.8, 4) is 0 Å². The van der Waals surface area contributed by atoms with Gasteiger partial charge in [0.15, 0.2) is 0 Å². The molecule has 0 bridgehead atoms. The normalized spacial score (nSPS) is 12.4. The van der Waals surface area contributed by atoms with Gasteiger partial charge in [0.2, 0.25) is 0 Å². The summed E-state index contributed by atoms with van der Waals surface area (Å²) in [6.45, 7) is 1.83. The molecular formula is C12H12FN3S. The van der Waals surface area contributed by atoms with Crippen LogP contribution in [0.5, 0.6) is 0 Å². The minimum Gasteiger partial charge on any atom is -0.324 e. The van der Waals surface area contributed by atoms with Crippen LogP contribution in [0.4, 0.5) is 4.39 Å². The molecule has 5 heteroatoms. The Hall–Kier alpha value is -1.46. The van der Waals surface area contributed by atoms with Gasteiger partial charge < -0.3 is 5.73 Å². The van der Waals surface area contributed by atoms with Crippen molar-refractivity contribution in [1.29, 1.82) is 0 Å². The van der Waals surface area contributed by atoms with Gasteiger partial charge in [-0.2, -0.15) is 0 Å². The summed E-state index contributed by atoms with van der Waals surface area (Å²) in [4.78, 5) is 8.41. The van der Waals surface area contributed by atoms with Gasteiger partial charge in [0.25, 0.3) is 0 Å². The second-order valence-electron chi connectivity index (χ2n) is 3.60. The smallest absolute Gasteiger partial charge is 0.137 e. The number of aromatic nitrogens is 2. The third-order valence-corrected chi connectivity index (χ3v) is 3.33. The van der Waals surface area contributed by atoms with Crippen molar-refractivity contribution < 1.29 is 4.39 Å². The third kappa shape index (κ3) is 2.81. The Kier molecular flexibility index (Phi) is 3.71. The van der Waals surface area contributed by atoms with E-state index in [4.69, 9.17) is 5.73 Å². The van der Waals surface area contributed by atoms with E-state index in [-0.39, 0.29) is 11.9 Å². The second kappa shape index (κ2) is 5.25. The lowest BCUT2D eigenvalue weighted by Gasteiger charge is -2.12. The highest BCUT2D eigenvalue weighted by Gasteiger charge is 2.13. The largest absolute Gasteiger partial charge is 0.324 e. The van der Waals surface area contributed by atoms with Crippen LogP contribution in [0.25, 0.3) is 0 Å². The number of nitrogens with two attached hydrogens (primary N) is 1. The van der Waals surface area contributed by atoms with Crippen LogP contribution in [0.1, 0.15) is 18.5 Å². The van der Waals surface area contributed by atoms with Crippen LogP contribution >= 0.6 is 11.8 Å². The van der Waals surface area contributed by atoms with E-state index >= 15 is 0 Å². The number of benzene rings is 1. The van der Waals surface area contributed by atoms with Gasteiger partial charge in [-0.1, -0.05) is 23.9 Å². The molecule has 0 unspecified atom stereocenters. The predicted molar refractivity (Wildman–Crippen MR) is 65.2 cm³/mol. The molecule has 0 saturated heterocycles. The molecule has 1 aromatic carbocycles. The van der Waals surface area contributed by atoms with Crippen molar-refractivity contribution in [2.75, 3.05) is 0 Å². The van der Waals surface area contributed by atoms with Crippen molar-refractivity contribution in [3.63, 3.8) is 0 Å². The molecule has 88 valence electrons. The molecule has 2 rings (SSSR count). The first-order valence-electron chi connectivity index (χ1n) is 5.16. The fourth-order valence-electron chi connectivity index (χ4n) is 1.44. The zero-order valence-corrected chi connectivity index (χ0v) is 10.1. The molecule has 3 nitrogen and oxygen atoms in total. The van der Waals surface area contributed by atoms with Crippen molar-refractivity contribution in [3.05, 3.63) is 48.2 Å². The lowest BCUT2D eigenvalue weighted by Crippen LogP contribution is -2.07. The Morgan fingerprint density at radius 3 is 2.82 bits per heavy atom. The van der Waals surface area contributed by atoms with E-state index in [0.29, 0.717) is 9.92 Å². The average molecular weight is 249 g/mol. The molecule has 1 aromatic heterocycles. The SMILES string of the molecule is C[C@@H](N)c1cccc(F)c1Sc1ccncn1. The second-order valence-corrected chi connectivity index (χ2v) is 4.63. The van der Waals surface area contributed by atoms with Gasteiger partial charge in [-0.15, -0.1) is 0 Å². The molecule has 0 amide bonds. The van der Waals surface area contributed by atoms with Crippen molar-refractivity contribution in [1.82, 2.24) is 9.97 Å². The predicted octanol–water partition coefficient (Wildman–Crippen LogP) is 2.79. The van der Waals surface area contributed by atoms with Crippen molar-refractivity contribution in [2.45, 2.75) is 22.9 Å². The van der Waals surface area contributed by atoms with E-state index in [1.807, 2.05) is 13.0 Å². The fraction of sp³-hybridized carbons (Fsp3) is 0.167. The molecule has 17 heavy (non-hydrogen) atoms. The van der Waals surface area contributed by atoms with Crippen LogP contribution in [0.15, 0.2) is 46.7 Å². The molecule has 0 aliphatic rings. The van der Waals surface area contributed by atoms with Crippen molar-refractivity contribution in [2.24, 2.45) is 5.73 Å². The van der Waals surface area contributed by atoms with Crippen LogP contribution < -0.4 is 5.73 Å². The average Bonchev–Trinajstić information content (AvgIpc) is 2.33. The van der Waals surface area contributed by atoms with Gasteiger partial charge in [0.05, 0.1) is 4.90 Å². The first-order valence-corrected chi connectivity index (χ1v) is 5.98. The Bertz CT molecular complexity index is 502. The van der Waals surface area contributed by atoms with Gasteiger partial charge in [-0.25, -0.2) is 14.4 Å². The minimum atomic E-state index is -0.275. The molecule has 2 aromatic rings. The molecule has 2 N–H and O–H groups in total. The summed E-state index contributed by atoms with van der Waals surface area (Å²) in [5.74, 6) is -0.275.